The highest BCUT2D eigenvalue weighted by atomic mass is 19.1. The van der Waals surface area contributed by atoms with Gasteiger partial charge in [0.05, 0.1) is 11.2 Å². The van der Waals surface area contributed by atoms with Crippen LogP contribution in [-0.2, 0) is 4.79 Å². The molecule has 2 aromatic heterocycles. The van der Waals surface area contributed by atoms with E-state index in [0.29, 0.717) is 49.3 Å². The predicted molar refractivity (Wildman–Crippen MR) is 129 cm³/mol. The molecule has 0 bridgehead atoms. The minimum Gasteiger partial charge on any atom is -0.449 e. The molecule has 0 spiro atoms. The monoisotopic (exact) mass is 479 g/mol. The van der Waals surface area contributed by atoms with Gasteiger partial charge in [-0.1, -0.05) is 13.8 Å². The van der Waals surface area contributed by atoms with E-state index in [1.165, 1.54) is 12.1 Å². The molecule has 2 aliphatic rings. The summed E-state index contributed by atoms with van der Waals surface area (Å²) in [4.78, 5) is 34.3. The number of furan rings is 1. The highest BCUT2D eigenvalue weighted by Gasteiger charge is 2.52. The Labute approximate surface area is 203 Å². The average Bonchev–Trinajstić information content (AvgIpc) is 3.41. The summed E-state index contributed by atoms with van der Waals surface area (Å²) in [6.07, 6.45) is 0.991. The molecule has 1 N–H and O–H groups in total. The molecule has 1 saturated carbocycles. The van der Waals surface area contributed by atoms with Gasteiger partial charge in [-0.2, -0.15) is 0 Å². The second-order valence-electron chi connectivity index (χ2n) is 10.6. The van der Waals surface area contributed by atoms with Crippen molar-refractivity contribution in [3.8, 4) is 11.3 Å². The minimum absolute atomic E-state index is 0.119. The summed E-state index contributed by atoms with van der Waals surface area (Å²) in [5.74, 6) is -0.512. The lowest BCUT2D eigenvalue weighted by atomic mass is 9.97. The molecule has 0 atom stereocenters. The smallest absolute Gasteiger partial charge is 0.290 e. The summed E-state index contributed by atoms with van der Waals surface area (Å²) >= 11 is 0. The van der Waals surface area contributed by atoms with Crippen molar-refractivity contribution in [1.29, 1.82) is 0 Å². The van der Waals surface area contributed by atoms with Crippen LogP contribution >= 0.6 is 0 Å². The Morgan fingerprint density at radius 2 is 1.80 bits per heavy atom. The second-order valence-corrected chi connectivity index (χ2v) is 10.6. The first kappa shape index (κ1) is 23.5. The number of fused-ring (bicyclic) bond motifs is 1. The second kappa shape index (κ2) is 8.16. The first-order chi connectivity index (χ1) is 16.5. The fourth-order valence-corrected chi connectivity index (χ4v) is 4.81. The molecule has 3 heterocycles. The van der Waals surface area contributed by atoms with Crippen LogP contribution in [0.5, 0.6) is 0 Å². The first-order valence-corrected chi connectivity index (χ1v) is 12.0. The SMILES string of the molecule is CC(C)c1cc(-c2ccc(F)cc2)nc2cc(C(=O)N3CCN(C(=O)C4(O)CC4)CC3(C)C)oc12. The van der Waals surface area contributed by atoms with Gasteiger partial charge in [0.1, 0.15) is 16.9 Å². The van der Waals surface area contributed by atoms with Crippen molar-refractivity contribution in [3.05, 3.63) is 53.5 Å². The normalized spacial score (nSPS) is 18.8. The van der Waals surface area contributed by atoms with E-state index in [0.717, 1.165) is 11.1 Å². The zero-order chi connectivity index (χ0) is 25.1. The molecule has 35 heavy (non-hydrogen) atoms. The van der Waals surface area contributed by atoms with Crippen molar-refractivity contribution in [2.45, 2.75) is 57.6 Å². The highest BCUT2D eigenvalue weighted by molar-refractivity contribution is 5.97. The molecule has 7 nitrogen and oxygen atoms in total. The molecule has 1 aromatic carbocycles. The van der Waals surface area contributed by atoms with Gasteiger partial charge in [0.2, 0.25) is 0 Å². The van der Waals surface area contributed by atoms with Crippen molar-refractivity contribution in [3.63, 3.8) is 0 Å². The van der Waals surface area contributed by atoms with Gasteiger partial charge in [0, 0.05) is 36.8 Å². The third-order valence-corrected chi connectivity index (χ3v) is 7.04. The molecule has 2 amide bonds. The summed E-state index contributed by atoms with van der Waals surface area (Å²) in [5, 5.41) is 10.2. The number of hydrogen-bond acceptors (Lipinski definition) is 5. The molecule has 8 heteroatoms. The van der Waals surface area contributed by atoms with E-state index in [9.17, 15) is 19.1 Å². The lowest BCUT2D eigenvalue weighted by Gasteiger charge is -2.47. The van der Waals surface area contributed by atoms with Crippen LogP contribution in [0.2, 0.25) is 0 Å². The van der Waals surface area contributed by atoms with E-state index in [-0.39, 0.29) is 29.3 Å². The number of aliphatic hydroxyl groups is 1. The predicted octanol–water partition coefficient (Wildman–Crippen LogP) is 4.35. The van der Waals surface area contributed by atoms with E-state index in [2.05, 4.69) is 0 Å². The quantitative estimate of drug-likeness (QED) is 0.601. The van der Waals surface area contributed by atoms with Gasteiger partial charge in [0.25, 0.3) is 11.8 Å². The van der Waals surface area contributed by atoms with Gasteiger partial charge in [-0.3, -0.25) is 9.59 Å². The molecule has 1 aliphatic heterocycles. The van der Waals surface area contributed by atoms with Gasteiger partial charge >= 0.3 is 0 Å². The lowest BCUT2D eigenvalue weighted by molar-refractivity contribution is -0.146. The van der Waals surface area contributed by atoms with Crippen LogP contribution in [-0.4, -0.2) is 62.5 Å². The van der Waals surface area contributed by atoms with Crippen LogP contribution in [0.1, 0.15) is 62.6 Å². The van der Waals surface area contributed by atoms with Crippen molar-refractivity contribution in [1.82, 2.24) is 14.8 Å². The standard InChI is InChI=1S/C27H30FN3O4/c1-16(2)19-13-20(17-5-7-18(28)8-6-17)29-21-14-22(35-23(19)21)24(32)31-12-11-30(15-26(31,3)4)25(33)27(34)9-10-27/h5-8,13-14,16,34H,9-12,15H2,1-4H3. The maximum absolute atomic E-state index is 13.6. The highest BCUT2D eigenvalue weighted by Crippen LogP contribution is 2.38. The fourth-order valence-electron chi connectivity index (χ4n) is 4.81. The Morgan fingerprint density at radius 1 is 1.11 bits per heavy atom. The lowest BCUT2D eigenvalue weighted by Crippen LogP contribution is -2.63. The maximum atomic E-state index is 13.6. The molecular weight excluding hydrogens is 449 g/mol. The number of nitrogens with zero attached hydrogens (tertiary/aromatic N) is 3. The van der Waals surface area contributed by atoms with Gasteiger partial charge < -0.3 is 19.3 Å². The molecule has 1 aliphatic carbocycles. The summed E-state index contributed by atoms with van der Waals surface area (Å²) < 4.78 is 19.5. The van der Waals surface area contributed by atoms with Crippen LogP contribution in [0.4, 0.5) is 4.39 Å². The number of benzene rings is 1. The number of amides is 2. The molecular formula is C27H30FN3O4. The Bertz CT molecular complexity index is 1310. The number of aromatic nitrogens is 1. The number of halogens is 1. The number of carbonyl (C=O) groups excluding carboxylic acids is 2. The fraction of sp³-hybridized carbons (Fsp3) is 0.444. The largest absolute Gasteiger partial charge is 0.449 e. The van der Waals surface area contributed by atoms with E-state index in [1.807, 2.05) is 33.8 Å². The van der Waals surface area contributed by atoms with Gasteiger partial charge in [-0.15, -0.1) is 0 Å². The molecule has 1 saturated heterocycles. The van der Waals surface area contributed by atoms with Gasteiger partial charge in [-0.05, 0) is 62.9 Å². The Balaban J connectivity index is 1.45. The zero-order valence-corrected chi connectivity index (χ0v) is 20.5. The molecule has 184 valence electrons. The summed E-state index contributed by atoms with van der Waals surface area (Å²) in [7, 11) is 0. The minimum atomic E-state index is -1.22. The van der Waals surface area contributed by atoms with E-state index >= 15 is 0 Å². The number of carbonyl (C=O) groups is 2. The zero-order valence-electron chi connectivity index (χ0n) is 20.5. The summed E-state index contributed by atoms with van der Waals surface area (Å²) in [6.45, 7) is 8.95. The summed E-state index contributed by atoms with van der Waals surface area (Å²) in [6, 6.07) is 9.75. The maximum Gasteiger partial charge on any atom is 0.290 e. The van der Waals surface area contributed by atoms with Crippen LogP contribution in [0, 0.1) is 5.82 Å². The number of rotatable bonds is 4. The Hall–Kier alpha value is -3.26. The van der Waals surface area contributed by atoms with Crippen LogP contribution in [0.15, 0.2) is 40.8 Å². The van der Waals surface area contributed by atoms with Gasteiger partial charge in [-0.25, -0.2) is 9.37 Å². The molecule has 2 fully saturated rings. The van der Waals surface area contributed by atoms with Gasteiger partial charge in [0.15, 0.2) is 11.3 Å². The van der Waals surface area contributed by atoms with Crippen molar-refractivity contribution in [2.75, 3.05) is 19.6 Å². The topological polar surface area (TPSA) is 86.9 Å². The molecule has 5 rings (SSSR count). The third-order valence-electron chi connectivity index (χ3n) is 7.04. The van der Waals surface area contributed by atoms with E-state index in [1.54, 1.807) is 28.0 Å². The molecule has 0 unspecified atom stereocenters. The first-order valence-electron chi connectivity index (χ1n) is 12.0. The number of pyridine rings is 1. The Kier molecular flexibility index (Phi) is 5.47. The van der Waals surface area contributed by atoms with Crippen LogP contribution in [0.3, 0.4) is 0 Å². The van der Waals surface area contributed by atoms with Crippen LogP contribution in [0.25, 0.3) is 22.4 Å². The number of piperazine rings is 1. The van der Waals surface area contributed by atoms with Crippen molar-refractivity contribution < 1.29 is 23.5 Å². The van der Waals surface area contributed by atoms with Crippen molar-refractivity contribution >= 4 is 22.9 Å². The van der Waals surface area contributed by atoms with E-state index in [4.69, 9.17) is 9.40 Å². The third kappa shape index (κ3) is 4.20. The van der Waals surface area contributed by atoms with Crippen LogP contribution < -0.4 is 0 Å². The average molecular weight is 480 g/mol. The molecule has 3 aromatic rings. The van der Waals surface area contributed by atoms with E-state index < -0.39 is 11.1 Å². The van der Waals surface area contributed by atoms with Crippen molar-refractivity contribution in [2.24, 2.45) is 0 Å². The molecule has 0 radical (unpaired) electrons. The Morgan fingerprint density at radius 3 is 2.40 bits per heavy atom. The summed E-state index contributed by atoms with van der Waals surface area (Å²) in [5.41, 5.74) is 1.67. The number of hydrogen-bond donors (Lipinski definition) is 1.